The maximum atomic E-state index is 13.1. The van der Waals surface area contributed by atoms with Crippen LogP contribution in [0.3, 0.4) is 0 Å². The van der Waals surface area contributed by atoms with Gasteiger partial charge in [-0.05, 0) is 17.2 Å². The largest absolute Gasteiger partial charge is 0.384 e. The Balaban J connectivity index is 2.32. The van der Waals surface area contributed by atoms with Gasteiger partial charge in [0, 0.05) is 5.57 Å². The lowest BCUT2D eigenvalue weighted by Gasteiger charge is -2.11. The lowest BCUT2D eigenvalue weighted by atomic mass is 10.0. The first-order valence-electron chi connectivity index (χ1n) is 5.97. The van der Waals surface area contributed by atoms with Crippen molar-refractivity contribution in [1.82, 2.24) is 0 Å². The highest BCUT2D eigenvalue weighted by molar-refractivity contribution is 5.68. The zero-order chi connectivity index (χ0) is 13.7. The Morgan fingerprint density at radius 1 is 0.895 bits per heavy atom. The summed E-state index contributed by atoms with van der Waals surface area (Å²) in [7, 11) is 0. The minimum Gasteiger partial charge on any atom is -0.384 e. The van der Waals surface area contributed by atoms with Crippen LogP contribution in [0.2, 0.25) is 0 Å². The molecule has 2 aromatic rings. The van der Waals surface area contributed by atoms with Crippen molar-refractivity contribution >= 4 is 5.57 Å². The van der Waals surface area contributed by atoms with Crippen LogP contribution >= 0.6 is 0 Å². The first kappa shape index (κ1) is 13.4. The molecule has 0 saturated heterocycles. The smallest absolute Gasteiger partial charge is 0.264 e. The first-order chi connectivity index (χ1) is 9.18. The Hall–Kier alpha value is -2.00. The second kappa shape index (κ2) is 6.25. The Kier molecular flexibility index (Phi) is 4.42. The average Bonchev–Trinajstić information content (AvgIpc) is 2.46. The number of hydrogen-bond acceptors (Lipinski definition) is 1. The summed E-state index contributed by atoms with van der Waals surface area (Å²) in [5.74, 6) is 0. The molecule has 1 nitrogen and oxygen atoms in total. The third kappa shape index (κ3) is 3.48. The quantitative estimate of drug-likeness (QED) is 0.878. The van der Waals surface area contributed by atoms with E-state index < -0.39 is 12.5 Å². The number of halogens is 2. The Bertz CT molecular complexity index is 535. The van der Waals surface area contributed by atoms with Crippen molar-refractivity contribution in [3.8, 4) is 0 Å². The van der Waals surface area contributed by atoms with Gasteiger partial charge in [-0.1, -0.05) is 60.7 Å². The molecule has 0 bridgehead atoms. The predicted octanol–water partition coefficient (Wildman–Crippen LogP) is 4.07. The second-order valence-corrected chi connectivity index (χ2v) is 4.14. The monoisotopic (exact) mass is 260 g/mol. The molecule has 0 fully saturated rings. The minimum atomic E-state index is -2.62. The third-order valence-electron chi connectivity index (χ3n) is 2.82. The van der Waals surface area contributed by atoms with Crippen LogP contribution in [0.25, 0.3) is 5.57 Å². The SMILES string of the molecule is OC(/C=C(/c1ccccc1)C(F)F)c1ccccc1. The van der Waals surface area contributed by atoms with Crippen molar-refractivity contribution in [2.45, 2.75) is 12.5 Å². The maximum Gasteiger partial charge on any atom is 0.264 e. The van der Waals surface area contributed by atoms with Gasteiger partial charge >= 0.3 is 0 Å². The van der Waals surface area contributed by atoms with E-state index in [1.807, 2.05) is 6.07 Å². The molecule has 19 heavy (non-hydrogen) atoms. The highest BCUT2D eigenvalue weighted by Crippen LogP contribution is 2.26. The van der Waals surface area contributed by atoms with Gasteiger partial charge in [-0.15, -0.1) is 0 Å². The summed E-state index contributed by atoms with van der Waals surface area (Å²) in [5.41, 5.74) is 0.862. The number of benzene rings is 2. The summed E-state index contributed by atoms with van der Waals surface area (Å²) in [6.45, 7) is 0. The van der Waals surface area contributed by atoms with Crippen molar-refractivity contribution in [3.63, 3.8) is 0 Å². The summed E-state index contributed by atoms with van der Waals surface area (Å²) in [6, 6.07) is 17.1. The van der Waals surface area contributed by atoms with Gasteiger partial charge in [0.05, 0.1) is 6.10 Å². The van der Waals surface area contributed by atoms with Crippen LogP contribution in [-0.2, 0) is 0 Å². The first-order valence-corrected chi connectivity index (χ1v) is 5.97. The number of alkyl halides is 2. The molecular formula is C16H14F2O. The van der Waals surface area contributed by atoms with Gasteiger partial charge in [0.1, 0.15) is 0 Å². The molecule has 1 N–H and O–H groups in total. The van der Waals surface area contributed by atoms with Crippen LogP contribution < -0.4 is 0 Å². The van der Waals surface area contributed by atoms with Gasteiger partial charge in [-0.25, -0.2) is 8.78 Å². The van der Waals surface area contributed by atoms with E-state index in [-0.39, 0.29) is 5.57 Å². The zero-order valence-corrected chi connectivity index (χ0v) is 10.2. The standard InChI is InChI=1S/C16H14F2O/c17-16(18)14(12-7-3-1-4-8-12)11-15(19)13-9-5-2-6-10-13/h1-11,15-16,19H/b14-11-. The summed E-state index contributed by atoms with van der Waals surface area (Å²) in [4.78, 5) is 0. The van der Waals surface area contributed by atoms with Gasteiger partial charge in [0.2, 0.25) is 0 Å². The molecule has 0 aromatic heterocycles. The minimum absolute atomic E-state index is 0.156. The van der Waals surface area contributed by atoms with Crippen molar-refractivity contribution in [1.29, 1.82) is 0 Å². The molecule has 98 valence electrons. The van der Waals surface area contributed by atoms with E-state index in [0.29, 0.717) is 11.1 Å². The van der Waals surface area contributed by atoms with E-state index in [4.69, 9.17) is 0 Å². The summed E-state index contributed by atoms with van der Waals surface area (Å²) >= 11 is 0. The van der Waals surface area contributed by atoms with Crippen LogP contribution in [0.4, 0.5) is 8.78 Å². The number of allylic oxidation sites excluding steroid dienone is 1. The predicted molar refractivity (Wildman–Crippen MR) is 71.8 cm³/mol. The van der Waals surface area contributed by atoms with Crippen LogP contribution in [0, 0.1) is 0 Å². The molecule has 0 radical (unpaired) electrons. The Morgan fingerprint density at radius 2 is 1.42 bits per heavy atom. The molecule has 0 aliphatic rings. The van der Waals surface area contributed by atoms with Crippen molar-refractivity contribution in [2.24, 2.45) is 0 Å². The fourth-order valence-corrected chi connectivity index (χ4v) is 1.84. The molecular weight excluding hydrogens is 246 g/mol. The molecule has 0 spiro atoms. The number of aliphatic hydroxyl groups is 1. The molecule has 0 aliphatic carbocycles. The Labute approximate surface area is 110 Å². The van der Waals surface area contributed by atoms with E-state index in [1.165, 1.54) is 6.08 Å². The number of rotatable bonds is 4. The molecule has 0 aliphatic heterocycles. The zero-order valence-electron chi connectivity index (χ0n) is 10.2. The van der Waals surface area contributed by atoms with Crippen molar-refractivity contribution < 1.29 is 13.9 Å². The number of hydrogen-bond donors (Lipinski definition) is 1. The van der Waals surface area contributed by atoms with E-state index in [9.17, 15) is 13.9 Å². The molecule has 2 rings (SSSR count). The summed E-state index contributed by atoms with van der Waals surface area (Å²) in [6.07, 6.45) is -2.46. The summed E-state index contributed by atoms with van der Waals surface area (Å²) in [5, 5.41) is 9.99. The lowest BCUT2D eigenvalue weighted by molar-refractivity contribution is 0.205. The van der Waals surface area contributed by atoms with E-state index in [2.05, 4.69) is 0 Å². The fraction of sp³-hybridized carbons (Fsp3) is 0.125. The van der Waals surface area contributed by atoms with Crippen LogP contribution in [0.5, 0.6) is 0 Å². The average molecular weight is 260 g/mol. The maximum absolute atomic E-state index is 13.1. The van der Waals surface area contributed by atoms with Gasteiger partial charge in [0.15, 0.2) is 0 Å². The molecule has 0 saturated carbocycles. The highest BCUT2D eigenvalue weighted by atomic mass is 19.3. The molecule has 1 unspecified atom stereocenters. The topological polar surface area (TPSA) is 20.2 Å². The second-order valence-electron chi connectivity index (χ2n) is 4.14. The number of aliphatic hydroxyl groups excluding tert-OH is 1. The van der Waals surface area contributed by atoms with E-state index in [0.717, 1.165) is 0 Å². The Morgan fingerprint density at radius 3 is 1.95 bits per heavy atom. The third-order valence-corrected chi connectivity index (χ3v) is 2.82. The normalized spacial score (nSPS) is 13.6. The molecule has 3 heteroatoms. The molecule has 2 aromatic carbocycles. The fourth-order valence-electron chi connectivity index (χ4n) is 1.84. The van der Waals surface area contributed by atoms with Gasteiger partial charge < -0.3 is 5.11 Å². The van der Waals surface area contributed by atoms with Crippen molar-refractivity contribution in [2.75, 3.05) is 0 Å². The van der Waals surface area contributed by atoms with Gasteiger partial charge in [-0.2, -0.15) is 0 Å². The van der Waals surface area contributed by atoms with E-state index >= 15 is 0 Å². The molecule has 0 amide bonds. The van der Waals surface area contributed by atoms with Gasteiger partial charge in [0.25, 0.3) is 6.43 Å². The van der Waals surface area contributed by atoms with Crippen LogP contribution in [0.1, 0.15) is 17.2 Å². The highest BCUT2D eigenvalue weighted by Gasteiger charge is 2.15. The van der Waals surface area contributed by atoms with E-state index in [1.54, 1.807) is 54.6 Å². The lowest BCUT2D eigenvalue weighted by Crippen LogP contribution is -2.01. The van der Waals surface area contributed by atoms with Crippen LogP contribution in [-0.4, -0.2) is 11.5 Å². The van der Waals surface area contributed by atoms with Gasteiger partial charge in [-0.3, -0.25) is 0 Å². The van der Waals surface area contributed by atoms with Crippen molar-refractivity contribution in [3.05, 3.63) is 77.9 Å². The van der Waals surface area contributed by atoms with Crippen LogP contribution in [0.15, 0.2) is 66.7 Å². The summed E-state index contributed by atoms with van der Waals surface area (Å²) < 4.78 is 26.2. The molecule has 1 atom stereocenters. The molecule has 0 heterocycles.